The van der Waals surface area contributed by atoms with Gasteiger partial charge in [-0.15, -0.1) is 10.2 Å². The third-order valence-corrected chi connectivity index (χ3v) is 3.47. The van der Waals surface area contributed by atoms with E-state index >= 15 is 0 Å². The molecule has 4 rings (SSSR count). The molecule has 7 nitrogen and oxygen atoms in total. The van der Waals surface area contributed by atoms with Gasteiger partial charge in [0.25, 0.3) is 5.78 Å². The lowest BCUT2D eigenvalue weighted by molar-refractivity contribution is 0.100. The second-order valence-electron chi connectivity index (χ2n) is 4.34. The van der Waals surface area contributed by atoms with Gasteiger partial charge in [0.15, 0.2) is 11.5 Å². The fraction of sp³-hybridized carbons (Fsp3) is 0. The Morgan fingerprint density at radius 1 is 1.24 bits per heavy atom. The number of hydrogen-bond donors (Lipinski definition) is 0. The topological polar surface area (TPSA) is 86.2 Å². The number of ketones is 1. The first kappa shape index (κ1) is 12.2. The van der Waals surface area contributed by atoms with Crippen molar-refractivity contribution in [3.05, 3.63) is 52.7 Å². The fourth-order valence-electron chi connectivity index (χ4n) is 2.00. The molecule has 0 aliphatic rings. The van der Waals surface area contributed by atoms with Crippen LogP contribution < -0.4 is 0 Å². The molecule has 0 bridgehead atoms. The van der Waals surface area contributed by atoms with E-state index in [9.17, 15) is 4.79 Å². The van der Waals surface area contributed by atoms with Crippen LogP contribution in [-0.2, 0) is 0 Å². The number of carbonyl (C=O) groups excluding carboxylic acids is 1. The van der Waals surface area contributed by atoms with E-state index in [1.54, 1.807) is 12.1 Å². The van der Waals surface area contributed by atoms with E-state index in [1.807, 2.05) is 12.1 Å². The van der Waals surface area contributed by atoms with Gasteiger partial charge in [-0.1, -0.05) is 15.9 Å². The molecule has 21 heavy (non-hydrogen) atoms. The predicted molar refractivity (Wildman–Crippen MR) is 75.9 cm³/mol. The molecule has 0 saturated carbocycles. The van der Waals surface area contributed by atoms with E-state index in [0.717, 1.165) is 9.86 Å². The zero-order chi connectivity index (χ0) is 14.4. The molecule has 1 aromatic carbocycles. The minimum absolute atomic E-state index is 0.145. The summed E-state index contributed by atoms with van der Waals surface area (Å²) in [6, 6.07) is 7.20. The monoisotopic (exact) mass is 343 g/mol. The molecule has 3 heterocycles. The third kappa shape index (κ3) is 2.00. The summed E-state index contributed by atoms with van der Waals surface area (Å²) in [4.78, 5) is 16.3. The van der Waals surface area contributed by atoms with E-state index in [1.165, 1.54) is 17.0 Å². The van der Waals surface area contributed by atoms with Crippen LogP contribution in [0.4, 0.5) is 0 Å². The summed E-state index contributed by atoms with van der Waals surface area (Å²) in [6.45, 7) is 0. The number of halogens is 1. The lowest BCUT2D eigenvalue weighted by Crippen LogP contribution is -2.07. The van der Waals surface area contributed by atoms with Crippen molar-refractivity contribution in [3.8, 4) is 0 Å². The Labute approximate surface area is 125 Å². The van der Waals surface area contributed by atoms with Gasteiger partial charge in [0, 0.05) is 9.86 Å². The van der Waals surface area contributed by atoms with Gasteiger partial charge in [-0.3, -0.25) is 4.79 Å². The number of fused-ring (bicyclic) bond motifs is 2. The van der Waals surface area contributed by atoms with E-state index < -0.39 is 0 Å². The highest BCUT2D eigenvalue weighted by Gasteiger charge is 2.17. The van der Waals surface area contributed by atoms with E-state index in [2.05, 4.69) is 36.2 Å². The maximum atomic E-state index is 12.4. The van der Waals surface area contributed by atoms with Crippen LogP contribution in [-0.4, -0.2) is 30.6 Å². The summed E-state index contributed by atoms with van der Waals surface area (Å²) in [7, 11) is 0. The highest BCUT2D eigenvalue weighted by Crippen LogP contribution is 2.24. The van der Waals surface area contributed by atoms with Crippen LogP contribution in [0, 0.1) is 0 Å². The molecule has 0 radical (unpaired) electrons. The van der Waals surface area contributed by atoms with Crippen molar-refractivity contribution < 1.29 is 9.21 Å². The Hall–Kier alpha value is -2.61. The minimum atomic E-state index is -0.354. The molecule has 4 aromatic rings. The normalized spacial score (nSPS) is 11.3. The van der Waals surface area contributed by atoms with Crippen molar-refractivity contribution in [3.63, 3.8) is 0 Å². The molecular weight excluding hydrogens is 338 g/mol. The van der Waals surface area contributed by atoms with Crippen molar-refractivity contribution in [2.45, 2.75) is 0 Å². The molecule has 8 heteroatoms. The number of carbonyl (C=O) groups is 1. The van der Waals surface area contributed by atoms with Gasteiger partial charge in [0.2, 0.25) is 5.78 Å². The maximum Gasteiger partial charge on any atom is 0.271 e. The first-order chi connectivity index (χ1) is 10.2. The average molecular weight is 344 g/mol. The largest absolute Gasteiger partial charge is 0.453 e. The summed E-state index contributed by atoms with van der Waals surface area (Å²) >= 11 is 3.38. The molecule has 0 atom stereocenters. The number of benzene rings is 1. The molecular formula is C13H6BrN5O2. The quantitative estimate of drug-likeness (QED) is 0.519. The van der Waals surface area contributed by atoms with Crippen molar-refractivity contribution >= 4 is 38.5 Å². The van der Waals surface area contributed by atoms with Crippen LogP contribution in [0.2, 0.25) is 0 Å². The lowest BCUT2D eigenvalue weighted by atomic mass is 10.2. The smallest absolute Gasteiger partial charge is 0.271 e. The molecule has 0 aliphatic carbocycles. The predicted octanol–water partition coefficient (Wildman–Crippen LogP) is 2.26. The Balaban J connectivity index is 1.81. The molecule has 102 valence electrons. The van der Waals surface area contributed by atoms with Crippen LogP contribution in [0.3, 0.4) is 0 Å². The van der Waals surface area contributed by atoms with Gasteiger partial charge in [0.1, 0.15) is 11.9 Å². The Morgan fingerprint density at radius 2 is 2.14 bits per heavy atom. The van der Waals surface area contributed by atoms with Crippen LogP contribution in [0.5, 0.6) is 0 Å². The minimum Gasteiger partial charge on any atom is -0.453 e. The highest BCUT2D eigenvalue weighted by molar-refractivity contribution is 9.10. The Kier molecular flexibility index (Phi) is 2.58. The second kappa shape index (κ2) is 4.45. The van der Waals surface area contributed by atoms with Gasteiger partial charge in [-0.05, 0) is 24.3 Å². The van der Waals surface area contributed by atoms with Crippen molar-refractivity contribution in [2.24, 2.45) is 0 Å². The van der Waals surface area contributed by atoms with E-state index in [0.29, 0.717) is 11.4 Å². The van der Waals surface area contributed by atoms with Crippen LogP contribution in [0.15, 0.2) is 45.7 Å². The van der Waals surface area contributed by atoms with Crippen molar-refractivity contribution in [2.75, 3.05) is 0 Å². The van der Waals surface area contributed by atoms with E-state index in [4.69, 9.17) is 4.42 Å². The van der Waals surface area contributed by atoms with Gasteiger partial charge in [-0.2, -0.15) is 10.1 Å². The van der Waals surface area contributed by atoms with Gasteiger partial charge in [-0.25, -0.2) is 4.52 Å². The molecule has 0 saturated heterocycles. The Morgan fingerprint density at radius 3 is 3.05 bits per heavy atom. The van der Waals surface area contributed by atoms with Crippen molar-refractivity contribution in [1.29, 1.82) is 0 Å². The third-order valence-electron chi connectivity index (χ3n) is 2.98. The SMILES string of the molecule is O=C(c1cn2ncnc2nn1)c1cc2cc(Br)ccc2o1. The summed E-state index contributed by atoms with van der Waals surface area (Å²) in [5, 5.41) is 12.4. The summed E-state index contributed by atoms with van der Waals surface area (Å²) in [5.74, 6) is 0.184. The average Bonchev–Trinajstić information content (AvgIpc) is 3.11. The lowest BCUT2D eigenvalue weighted by Gasteiger charge is -1.95. The van der Waals surface area contributed by atoms with Gasteiger partial charge in [0.05, 0.1) is 6.20 Å². The highest BCUT2D eigenvalue weighted by atomic mass is 79.9. The van der Waals surface area contributed by atoms with Crippen LogP contribution >= 0.6 is 15.9 Å². The molecule has 0 aliphatic heterocycles. The first-order valence-corrected chi connectivity index (χ1v) is 6.77. The molecule has 0 amide bonds. The fourth-order valence-corrected chi connectivity index (χ4v) is 2.38. The first-order valence-electron chi connectivity index (χ1n) is 5.97. The molecule has 0 unspecified atom stereocenters. The molecule has 0 fully saturated rings. The summed E-state index contributed by atoms with van der Waals surface area (Å²) < 4.78 is 7.85. The molecule has 0 N–H and O–H groups in total. The molecule has 0 spiro atoms. The number of rotatable bonds is 2. The second-order valence-corrected chi connectivity index (χ2v) is 5.26. The maximum absolute atomic E-state index is 12.4. The van der Waals surface area contributed by atoms with Crippen molar-refractivity contribution in [1.82, 2.24) is 24.8 Å². The van der Waals surface area contributed by atoms with Gasteiger partial charge < -0.3 is 4.42 Å². The van der Waals surface area contributed by atoms with Crippen LogP contribution in [0.25, 0.3) is 16.7 Å². The Bertz CT molecular complexity index is 990. The van der Waals surface area contributed by atoms with Crippen LogP contribution in [0.1, 0.15) is 16.2 Å². The number of aromatic nitrogens is 5. The number of furan rings is 1. The summed E-state index contributed by atoms with van der Waals surface area (Å²) in [5.41, 5.74) is 0.780. The van der Waals surface area contributed by atoms with E-state index in [-0.39, 0.29) is 17.2 Å². The zero-order valence-corrected chi connectivity index (χ0v) is 12.0. The summed E-state index contributed by atoms with van der Waals surface area (Å²) in [6.07, 6.45) is 2.82. The molecule has 3 aromatic heterocycles. The zero-order valence-electron chi connectivity index (χ0n) is 10.4. The number of nitrogens with zero attached hydrogens (tertiary/aromatic N) is 5. The van der Waals surface area contributed by atoms with Gasteiger partial charge >= 0.3 is 0 Å². The number of hydrogen-bond acceptors (Lipinski definition) is 6. The standard InChI is InChI=1S/C13H6BrN5O2/c14-8-1-2-10-7(3-8)4-11(21-10)12(20)9-5-19-13(18-17-9)15-6-16-19/h1-6H.